The predicted molar refractivity (Wildman–Crippen MR) is 79.9 cm³/mol. The molecule has 6 nitrogen and oxygen atoms in total. The van der Waals surface area contributed by atoms with Crippen LogP contribution in [0.1, 0.15) is 34.1 Å². The molecule has 2 aliphatic heterocycles. The lowest BCUT2D eigenvalue weighted by molar-refractivity contribution is -0.157. The molecule has 2 heterocycles. The van der Waals surface area contributed by atoms with Crippen molar-refractivity contribution < 1.29 is 23.9 Å². The maximum Gasteiger partial charge on any atom is 0.356 e. The molecule has 1 amide bonds. The molecule has 8 heteroatoms. The van der Waals surface area contributed by atoms with Crippen LogP contribution in [0.15, 0.2) is 10.6 Å². The van der Waals surface area contributed by atoms with E-state index in [1.54, 1.807) is 20.8 Å². The molecule has 0 unspecified atom stereocenters. The summed E-state index contributed by atoms with van der Waals surface area (Å²) < 4.78 is 10.3. The van der Waals surface area contributed by atoms with Gasteiger partial charge in [0.15, 0.2) is 0 Å². The Balaban J connectivity index is 2.27. The largest absolute Gasteiger partial charge is 0.460 e. The summed E-state index contributed by atoms with van der Waals surface area (Å²) in [4.78, 5) is 37.1. The lowest BCUT2D eigenvalue weighted by atomic mass is 10.1. The van der Waals surface area contributed by atoms with Gasteiger partial charge in [0.1, 0.15) is 23.3 Å². The Morgan fingerprint density at radius 2 is 2.05 bits per heavy atom. The molecule has 0 spiro atoms. The molecular formula is C13H17NO5S2. The Morgan fingerprint density at radius 1 is 1.38 bits per heavy atom. The molecule has 0 saturated carbocycles. The first-order chi connectivity index (χ1) is 9.69. The summed E-state index contributed by atoms with van der Waals surface area (Å²) in [5, 5.41) is -0.0499. The molecule has 0 bridgehead atoms. The van der Waals surface area contributed by atoms with E-state index in [2.05, 4.69) is 0 Å². The Bertz CT molecular complexity index is 523. The van der Waals surface area contributed by atoms with E-state index in [4.69, 9.17) is 9.47 Å². The number of esters is 2. The summed E-state index contributed by atoms with van der Waals surface area (Å²) in [5.41, 5.74) is -0.453. The third-order valence-electron chi connectivity index (χ3n) is 2.67. The monoisotopic (exact) mass is 331 g/mol. The predicted octanol–water partition coefficient (Wildman–Crippen LogP) is 2.06. The van der Waals surface area contributed by atoms with Crippen molar-refractivity contribution in [3.05, 3.63) is 10.6 Å². The molecule has 0 N–H and O–H groups in total. The van der Waals surface area contributed by atoms with Gasteiger partial charge in [0.25, 0.3) is 0 Å². The molecule has 0 aromatic heterocycles. The third kappa shape index (κ3) is 3.74. The number of β-lactam (4-membered cyclic amide) rings is 1. The maximum atomic E-state index is 12.4. The lowest BCUT2D eigenvalue weighted by Gasteiger charge is -2.43. The van der Waals surface area contributed by atoms with E-state index >= 15 is 0 Å². The standard InChI is InChI=1S/C13H17NO5S2/c1-7(15)18-6-8-11(12(17)19-13(2,3)4)14-9(16)5-10(14)21-20-8/h10H,5-6H2,1-4H3/t10-/m1/s1. The average molecular weight is 331 g/mol. The van der Waals surface area contributed by atoms with Gasteiger partial charge >= 0.3 is 11.9 Å². The molecule has 0 radical (unpaired) electrons. The fourth-order valence-electron chi connectivity index (χ4n) is 1.82. The molecule has 21 heavy (non-hydrogen) atoms. The first-order valence-electron chi connectivity index (χ1n) is 6.44. The number of amides is 1. The molecule has 116 valence electrons. The van der Waals surface area contributed by atoms with Crippen LogP contribution >= 0.6 is 21.6 Å². The van der Waals surface area contributed by atoms with Gasteiger partial charge < -0.3 is 9.47 Å². The molecule has 1 fully saturated rings. The van der Waals surface area contributed by atoms with E-state index < -0.39 is 17.5 Å². The molecular weight excluding hydrogens is 314 g/mol. The number of hydrogen-bond donors (Lipinski definition) is 0. The summed E-state index contributed by atoms with van der Waals surface area (Å²) in [6, 6.07) is 0. The van der Waals surface area contributed by atoms with E-state index in [0.717, 1.165) is 0 Å². The van der Waals surface area contributed by atoms with Gasteiger partial charge in [-0.2, -0.15) is 0 Å². The van der Waals surface area contributed by atoms with Gasteiger partial charge in [-0.1, -0.05) is 21.6 Å². The van der Waals surface area contributed by atoms with Crippen LogP contribution < -0.4 is 0 Å². The van der Waals surface area contributed by atoms with Crippen molar-refractivity contribution >= 4 is 39.4 Å². The number of rotatable bonds is 3. The van der Waals surface area contributed by atoms with Gasteiger partial charge in [-0.05, 0) is 20.8 Å². The number of fused-ring (bicyclic) bond motifs is 1. The van der Waals surface area contributed by atoms with Gasteiger partial charge in [-0.15, -0.1) is 0 Å². The van der Waals surface area contributed by atoms with Crippen LogP contribution in [0.3, 0.4) is 0 Å². The first-order valence-corrected chi connectivity index (χ1v) is 8.65. The van der Waals surface area contributed by atoms with E-state index in [1.165, 1.54) is 33.4 Å². The van der Waals surface area contributed by atoms with Crippen molar-refractivity contribution in [3.63, 3.8) is 0 Å². The zero-order valence-electron chi connectivity index (χ0n) is 12.3. The summed E-state index contributed by atoms with van der Waals surface area (Å²) in [5.74, 6) is -1.11. The molecule has 1 saturated heterocycles. The Kier molecular flexibility index (Phi) is 4.57. The van der Waals surface area contributed by atoms with Crippen molar-refractivity contribution in [1.82, 2.24) is 4.90 Å². The number of hydrogen-bond acceptors (Lipinski definition) is 7. The SMILES string of the molecule is CC(=O)OCC1=C(C(=O)OC(C)(C)C)N2C(=O)C[C@H]2SS1. The average Bonchev–Trinajstić information content (AvgIpc) is 2.32. The van der Waals surface area contributed by atoms with Crippen LogP contribution in [0, 0.1) is 0 Å². The van der Waals surface area contributed by atoms with Gasteiger partial charge in [0.05, 0.1) is 11.3 Å². The van der Waals surface area contributed by atoms with Crippen LogP contribution in [0.2, 0.25) is 0 Å². The van der Waals surface area contributed by atoms with Crippen molar-refractivity contribution in [3.8, 4) is 0 Å². The minimum absolute atomic E-state index is 0.0297. The molecule has 0 aromatic carbocycles. The van der Waals surface area contributed by atoms with Crippen LogP contribution in [-0.4, -0.2) is 40.3 Å². The summed E-state index contributed by atoms with van der Waals surface area (Å²) in [7, 11) is 2.84. The van der Waals surface area contributed by atoms with Crippen LogP contribution in [0.4, 0.5) is 0 Å². The van der Waals surface area contributed by atoms with Crippen molar-refractivity contribution in [2.45, 2.75) is 45.1 Å². The topological polar surface area (TPSA) is 72.9 Å². The molecule has 1 atom stereocenters. The quantitative estimate of drug-likeness (QED) is 0.445. The second-order valence-corrected chi connectivity index (χ2v) is 8.13. The second kappa shape index (κ2) is 5.92. The Labute approximate surface area is 131 Å². The fraction of sp³-hybridized carbons (Fsp3) is 0.615. The van der Waals surface area contributed by atoms with Crippen molar-refractivity contribution in [1.29, 1.82) is 0 Å². The zero-order chi connectivity index (χ0) is 15.8. The van der Waals surface area contributed by atoms with E-state index in [0.29, 0.717) is 11.3 Å². The lowest BCUT2D eigenvalue weighted by Crippen LogP contribution is -2.53. The highest BCUT2D eigenvalue weighted by molar-refractivity contribution is 8.78. The number of ether oxygens (including phenoxy) is 2. The molecule has 2 aliphatic rings. The van der Waals surface area contributed by atoms with Crippen LogP contribution in [0.25, 0.3) is 0 Å². The molecule has 0 aliphatic carbocycles. The number of carbonyl (C=O) groups is 3. The highest BCUT2D eigenvalue weighted by Crippen LogP contribution is 2.50. The number of nitrogens with zero attached hydrogens (tertiary/aromatic N) is 1. The highest BCUT2D eigenvalue weighted by Gasteiger charge is 2.47. The molecule has 2 rings (SSSR count). The van der Waals surface area contributed by atoms with Gasteiger partial charge in [0, 0.05) is 6.92 Å². The fourth-order valence-corrected chi connectivity index (χ4v) is 4.46. The van der Waals surface area contributed by atoms with Crippen molar-refractivity contribution in [2.24, 2.45) is 0 Å². The van der Waals surface area contributed by atoms with Crippen LogP contribution in [-0.2, 0) is 23.9 Å². The minimum Gasteiger partial charge on any atom is -0.460 e. The molecule has 0 aromatic rings. The number of carbonyl (C=O) groups excluding carboxylic acids is 3. The normalized spacial score (nSPS) is 21.6. The maximum absolute atomic E-state index is 12.4. The van der Waals surface area contributed by atoms with Gasteiger partial charge in [0.2, 0.25) is 5.91 Å². The van der Waals surface area contributed by atoms with E-state index in [1.807, 2.05) is 0 Å². The van der Waals surface area contributed by atoms with Gasteiger partial charge in [-0.3, -0.25) is 14.5 Å². The summed E-state index contributed by atoms with van der Waals surface area (Å²) >= 11 is 0. The third-order valence-corrected chi connectivity index (χ3v) is 5.44. The van der Waals surface area contributed by atoms with E-state index in [9.17, 15) is 14.4 Å². The second-order valence-electron chi connectivity index (χ2n) is 5.66. The Hall–Kier alpha value is -1.15. The first kappa shape index (κ1) is 16.2. The van der Waals surface area contributed by atoms with Crippen LogP contribution in [0.5, 0.6) is 0 Å². The van der Waals surface area contributed by atoms with Gasteiger partial charge in [-0.25, -0.2) is 4.79 Å². The summed E-state index contributed by atoms with van der Waals surface area (Å²) in [6.45, 7) is 6.55. The van der Waals surface area contributed by atoms with Crippen molar-refractivity contribution in [2.75, 3.05) is 6.61 Å². The minimum atomic E-state index is -0.657. The van der Waals surface area contributed by atoms with E-state index in [-0.39, 0.29) is 23.6 Å². The zero-order valence-corrected chi connectivity index (χ0v) is 13.9. The Morgan fingerprint density at radius 3 is 2.57 bits per heavy atom. The highest BCUT2D eigenvalue weighted by atomic mass is 33.1. The smallest absolute Gasteiger partial charge is 0.356 e. The summed E-state index contributed by atoms with van der Waals surface area (Å²) in [6.07, 6.45) is 0.408.